The van der Waals surface area contributed by atoms with Crippen molar-refractivity contribution >= 4 is 11.3 Å². The Hall–Kier alpha value is -0.860. The average molecular weight is 279 g/mol. The van der Waals surface area contributed by atoms with Gasteiger partial charge in [-0.3, -0.25) is 4.90 Å². The molecule has 0 aliphatic carbocycles. The summed E-state index contributed by atoms with van der Waals surface area (Å²) in [4.78, 5) is 6.10. The summed E-state index contributed by atoms with van der Waals surface area (Å²) < 4.78 is 0. The molecule has 0 saturated heterocycles. The summed E-state index contributed by atoms with van der Waals surface area (Å²) in [6, 6.07) is 2.74. The van der Waals surface area contributed by atoms with Crippen LogP contribution in [0.2, 0.25) is 0 Å². The molecule has 19 heavy (non-hydrogen) atoms. The summed E-state index contributed by atoms with van der Waals surface area (Å²) in [6.07, 6.45) is 0. The van der Waals surface area contributed by atoms with Crippen molar-refractivity contribution in [2.24, 2.45) is 5.73 Å². The Morgan fingerprint density at radius 1 is 1.42 bits per heavy atom. The van der Waals surface area contributed by atoms with Gasteiger partial charge in [0.25, 0.3) is 0 Å². The summed E-state index contributed by atoms with van der Waals surface area (Å²) in [7, 11) is 4.24. The van der Waals surface area contributed by atoms with Gasteiger partial charge in [0.05, 0.1) is 6.54 Å². The normalized spacial score (nSPS) is 12.6. The molecule has 0 aromatic carbocycles. The molecule has 4 heteroatoms. The molecule has 1 rings (SSSR count). The van der Waals surface area contributed by atoms with Gasteiger partial charge in [0, 0.05) is 35.0 Å². The highest BCUT2D eigenvalue weighted by Crippen LogP contribution is 2.17. The van der Waals surface area contributed by atoms with Crippen LogP contribution in [0.25, 0.3) is 0 Å². The summed E-state index contributed by atoms with van der Waals surface area (Å²) in [5.41, 5.74) is 6.47. The summed E-state index contributed by atoms with van der Waals surface area (Å²) in [5, 5.41) is 2.11. The quantitative estimate of drug-likeness (QED) is 0.806. The van der Waals surface area contributed by atoms with E-state index >= 15 is 0 Å². The van der Waals surface area contributed by atoms with Gasteiger partial charge in [-0.05, 0) is 33.6 Å². The van der Waals surface area contributed by atoms with Crippen molar-refractivity contribution in [1.82, 2.24) is 9.80 Å². The summed E-state index contributed by atoms with van der Waals surface area (Å²) >= 11 is 1.78. The monoisotopic (exact) mass is 279 g/mol. The van der Waals surface area contributed by atoms with Crippen LogP contribution in [0.4, 0.5) is 0 Å². The number of nitrogens with two attached hydrogens (primary N) is 1. The van der Waals surface area contributed by atoms with Gasteiger partial charge < -0.3 is 10.6 Å². The van der Waals surface area contributed by atoms with Crippen LogP contribution in [-0.2, 0) is 6.54 Å². The van der Waals surface area contributed by atoms with Crippen molar-refractivity contribution in [3.8, 4) is 11.8 Å². The van der Waals surface area contributed by atoms with E-state index < -0.39 is 0 Å². The van der Waals surface area contributed by atoms with E-state index in [-0.39, 0.29) is 0 Å². The lowest BCUT2D eigenvalue weighted by molar-refractivity contribution is 0.175. The van der Waals surface area contributed by atoms with E-state index in [2.05, 4.69) is 61.0 Å². The molecule has 3 nitrogen and oxygen atoms in total. The molecule has 2 N–H and O–H groups in total. The van der Waals surface area contributed by atoms with Crippen LogP contribution in [0.5, 0.6) is 0 Å². The van der Waals surface area contributed by atoms with E-state index in [1.807, 2.05) is 0 Å². The second-order valence-corrected chi connectivity index (χ2v) is 5.98. The average Bonchev–Trinajstić information content (AvgIpc) is 2.80. The zero-order valence-electron chi connectivity index (χ0n) is 12.4. The topological polar surface area (TPSA) is 32.5 Å². The fourth-order valence-electron chi connectivity index (χ4n) is 2.11. The highest BCUT2D eigenvalue weighted by Gasteiger charge is 2.14. The Kier molecular flexibility index (Phi) is 7.11. The van der Waals surface area contributed by atoms with Crippen LogP contribution in [-0.4, -0.2) is 49.6 Å². The number of likely N-dealkylation sites (N-methyl/N-ethyl adjacent to an activating group) is 2. The van der Waals surface area contributed by atoms with Crippen molar-refractivity contribution in [1.29, 1.82) is 0 Å². The maximum atomic E-state index is 5.39. The maximum absolute atomic E-state index is 5.39. The Bertz CT molecular complexity index is 428. The summed E-state index contributed by atoms with van der Waals surface area (Å²) in [6.45, 7) is 8.07. The van der Waals surface area contributed by atoms with E-state index in [9.17, 15) is 0 Å². The van der Waals surface area contributed by atoms with E-state index in [1.165, 1.54) is 4.88 Å². The van der Waals surface area contributed by atoms with Gasteiger partial charge in [0.1, 0.15) is 0 Å². The van der Waals surface area contributed by atoms with Crippen LogP contribution < -0.4 is 5.73 Å². The molecule has 1 aromatic rings. The lowest BCUT2D eigenvalue weighted by Crippen LogP contribution is -2.39. The van der Waals surface area contributed by atoms with Gasteiger partial charge in [-0.1, -0.05) is 18.8 Å². The maximum Gasteiger partial charge on any atom is 0.0555 e. The first-order valence-corrected chi connectivity index (χ1v) is 7.59. The molecule has 0 bridgehead atoms. The zero-order valence-corrected chi connectivity index (χ0v) is 13.3. The van der Waals surface area contributed by atoms with Crippen molar-refractivity contribution in [2.45, 2.75) is 26.4 Å². The van der Waals surface area contributed by atoms with E-state index in [0.717, 1.165) is 25.2 Å². The number of hydrogen-bond acceptors (Lipinski definition) is 4. The molecule has 0 amide bonds. The first kappa shape index (κ1) is 16.2. The Balaban J connectivity index is 2.62. The van der Waals surface area contributed by atoms with Crippen molar-refractivity contribution in [2.75, 3.05) is 33.7 Å². The van der Waals surface area contributed by atoms with Crippen LogP contribution in [0.3, 0.4) is 0 Å². The molecular formula is C15H25N3S. The minimum atomic E-state index is 0.423. The minimum absolute atomic E-state index is 0.423. The molecule has 0 fully saturated rings. The highest BCUT2D eigenvalue weighted by molar-refractivity contribution is 7.10. The predicted molar refractivity (Wildman–Crippen MR) is 84.4 cm³/mol. The number of rotatable bonds is 6. The van der Waals surface area contributed by atoms with E-state index in [4.69, 9.17) is 5.73 Å². The van der Waals surface area contributed by atoms with Crippen molar-refractivity contribution in [3.05, 3.63) is 21.9 Å². The molecule has 0 aliphatic heterocycles. The fourth-order valence-corrected chi connectivity index (χ4v) is 2.95. The Morgan fingerprint density at radius 2 is 2.16 bits per heavy atom. The largest absolute Gasteiger partial charge is 0.320 e. The van der Waals surface area contributed by atoms with Gasteiger partial charge in [0.2, 0.25) is 0 Å². The molecule has 1 atom stereocenters. The number of nitrogens with zero attached hydrogens (tertiary/aromatic N) is 2. The van der Waals surface area contributed by atoms with Gasteiger partial charge in [-0.15, -0.1) is 11.3 Å². The molecule has 106 valence electrons. The van der Waals surface area contributed by atoms with Gasteiger partial charge >= 0.3 is 0 Å². The molecule has 0 aliphatic rings. The third-order valence-electron chi connectivity index (χ3n) is 3.01. The van der Waals surface area contributed by atoms with Crippen molar-refractivity contribution in [3.63, 3.8) is 0 Å². The molecule has 0 spiro atoms. The molecule has 0 saturated carbocycles. The van der Waals surface area contributed by atoms with Crippen LogP contribution in [0.1, 0.15) is 24.3 Å². The van der Waals surface area contributed by atoms with Gasteiger partial charge in [-0.25, -0.2) is 0 Å². The lowest BCUT2D eigenvalue weighted by atomic mass is 10.2. The first-order valence-electron chi connectivity index (χ1n) is 6.72. The fraction of sp³-hybridized carbons (Fsp3) is 0.600. The second-order valence-electron chi connectivity index (χ2n) is 4.98. The van der Waals surface area contributed by atoms with E-state index in [0.29, 0.717) is 12.6 Å². The first-order chi connectivity index (χ1) is 9.06. The Morgan fingerprint density at radius 3 is 2.74 bits per heavy atom. The van der Waals surface area contributed by atoms with Gasteiger partial charge in [0.15, 0.2) is 0 Å². The molecule has 1 aromatic heterocycles. The number of hydrogen-bond donors (Lipinski definition) is 1. The predicted octanol–water partition coefficient (Wildman–Crippen LogP) is 1.83. The lowest BCUT2D eigenvalue weighted by Gasteiger charge is -2.29. The number of thiophene rings is 1. The van der Waals surface area contributed by atoms with Crippen LogP contribution >= 0.6 is 11.3 Å². The highest BCUT2D eigenvalue weighted by atomic mass is 32.1. The van der Waals surface area contributed by atoms with Crippen LogP contribution in [0, 0.1) is 11.8 Å². The second kappa shape index (κ2) is 8.34. The zero-order chi connectivity index (χ0) is 14.3. The minimum Gasteiger partial charge on any atom is -0.320 e. The molecule has 1 unspecified atom stereocenters. The van der Waals surface area contributed by atoms with E-state index in [1.54, 1.807) is 11.3 Å². The Labute approximate surface area is 121 Å². The van der Waals surface area contributed by atoms with Gasteiger partial charge in [-0.2, -0.15) is 0 Å². The molecule has 0 radical (unpaired) electrons. The van der Waals surface area contributed by atoms with Crippen LogP contribution in [0.15, 0.2) is 11.4 Å². The standard InChI is InChI=1S/C15H25N3S/c1-5-18(13(2)10-17(3)4)11-15-9-14(12-19-15)7-6-8-16/h9,12-13H,5,8,10-11,16H2,1-4H3. The molecular weight excluding hydrogens is 254 g/mol. The smallest absolute Gasteiger partial charge is 0.0555 e. The summed E-state index contributed by atoms with van der Waals surface area (Å²) in [5.74, 6) is 5.98. The third kappa shape index (κ3) is 5.75. The SMILES string of the molecule is CCN(Cc1cc(C#CCN)cs1)C(C)CN(C)C. The third-order valence-corrected chi connectivity index (χ3v) is 3.93. The molecule has 1 heterocycles. The van der Waals surface area contributed by atoms with Crippen molar-refractivity contribution < 1.29 is 0 Å².